The van der Waals surface area contributed by atoms with Gasteiger partial charge in [-0.2, -0.15) is 0 Å². The van der Waals surface area contributed by atoms with Gasteiger partial charge in [0.05, 0.1) is 6.10 Å². The summed E-state index contributed by atoms with van der Waals surface area (Å²) in [6.07, 6.45) is -0.448. The SMILES string of the molecule is CCO[C@H](CNC)c1cc(F)ccc1F. The lowest BCUT2D eigenvalue weighted by Crippen LogP contribution is -2.20. The molecule has 0 heterocycles. The molecule has 0 bridgehead atoms. The fraction of sp³-hybridized carbons (Fsp3) is 0.455. The Morgan fingerprint density at radius 3 is 2.73 bits per heavy atom. The summed E-state index contributed by atoms with van der Waals surface area (Å²) in [5.41, 5.74) is 0.256. The van der Waals surface area contributed by atoms with Crippen molar-refractivity contribution in [1.29, 1.82) is 0 Å². The minimum absolute atomic E-state index is 0.256. The van der Waals surface area contributed by atoms with Gasteiger partial charge >= 0.3 is 0 Å². The molecule has 0 amide bonds. The summed E-state index contributed by atoms with van der Waals surface area (Å²) in [6.45, 7) is 2.73. The van der Waals surface area contributed by atoms with Crippen LogP contribution in [0.15, 0.2) is 18.2 Å². The molecule has 1 N–H and O–H groups in total. The predicted molar refractivity (Wildman–Crippen MR) is 54.7 cm³/mol. The van der Waals surface area contributed by atoms with Gasteiger partial charge in [-0.15, -0.1) is 0 Å². The van der Waals surface area contributed by atoms with Crippen molar-refractivity contribution in [3.63, 3.8) is 0 Å². The van der Waals surface area contributed by atoms with Gasteiger partial charge in [-0.05, 0) is 32.2 Å². The smallest absolute Gasteiger partial charge is 0.129 e. The van der Waals surface area contributed by atoms with Gasteiger partial charge in [0.1, 0.15) is 11.6 Å². The molecule has 0 aliphatic carbocycles. The van der Waals surface area contributed by atoms with Gasteiger partial charge < -0.3 is 10.1 Å². The summed E-state index contributed by atoms with van der Waals surface area (Å²) in [6, 6.07) is 3.39. The summed E-state index contributed by atoms with van der Waals surface area (Å²) < 4.78 is 31.7. The molecule has 0 saturated heterocycles. The Bertz CT molecular complexity index is 311. The van der Waals surface area contributed by atoms with Crippen molar-refractivity contribution >= 4 is 0 Å². The summed E-state index contributed by atoms with van der Waals surface area (Å²) >= 11 is 0. The lowest BCUT2D eigenvalue weighted by atomic mass is 10.1. The third-order valence-electron chi connectivity index (χ3n) is 2.06. The van der Waals surface area contributed by atoms with Crippen molar-refractivity contribution in [3.05, 3.63) is 35.4 Å². The van der Waals surface area contributed by atoms with Crippen molar-refractivity contribution in [2.75, 3.05) is 20.2 Å². The first kappa shape index (κ1) is 12.1. The zero-order valence-electron chi connectivity index (χ0n) is 8.89. The zero-order valence-corrected chi connectivity index (χ0v) is 8.89. The largest absolute Gasteiger partial charge is 0.372 e. The van der Waals surface area contributed by atoms with E-state index in [1.807, 2.05) is 6.92 Å². The van der Waals surface area contributed by atoms with E-state index in [1.54, 1.807) is 7.05 Å². The maximum absolute atomic E-state index is 13.4. The zero-order chi connectivity index (χ0) is 11.3. The fourth-order valence-electron chi connectivity index (χ4n) is 1.41. The second kappa shape index (κ2) is 5.78. The van der Waals surface area contributed by atoms with Crippen molar-refractivity contribution in [2.45, 2.75) is 13.0 Å². The number of ether oxygens (including phenoxy) is 1. The number of hydrogen-bond donors (Lipinski definition) is 1. The van der Waals surface area contributed by atoms with Crippen LogP contribution >= 0.6 is 0 Å². The number of hydrogen-bond acceptors (Lipinski definition) is 2. The van der Waals surface area contributed by atoms with Crippen molar-refractivity contribution in [3.8, 4) is 0 Å². The molecule has 15 heavy (non-hydrogen) atoms. The van der Waals surface area contributed by atoms with Crippen LogP contribution in [-0.4, -0.2) is 20.2 Å². The Hall–Kier alpha value is -1.00. The number of halogens is 2. The van der Waals surface area contributed by atoms with E-state index in [0.717, 1.165) is 12.1 Å². The topological polar surface area (TPSA) is 21.3 Å². The van der Waals surface area contributed by atoms with Gasteiger partial charge in [0.15, 0.2) is 0 Å². The highest BCUT2D eigenvalue weighted by molar-refractivity contribution is 5.21. The third kappa shape index (κ3) is 3.25. The molecule has 4 heteroatoms. The molecule has 1 rings (SSSR count). The Labute approximate surface area is 88.3 Å². The maximum Gasteiger partial charge on any atom is 0.129 e. The molecule has 84 valence electrons. The lowest BCUT2D eigenvalue weighted by molar-refractivity contribution is 0.0610. The fourth-order valence-corrected chi connectivity index (χ4v) is 1.41. The minimum Gasteiger partial charge on any atom is -0.372 e. The van der Waals surface area contributed by atoms with E-state index in [2.05, 4.69) is 5.32 Å². The second-order valence-electron chi connectivity index (χ2n) is 3.17. The highest BCUT2D eigenvalue weighted by Gasteiger charge is 2.15. The van der Waals surface area contributed by atoms with Crippen LogP contribution in [0.4, 0.5) is 8.78 Å². The molecular formula is C11H15F2NO. The van der Waals surface area contributed by atoms with Crippen molar-refractivity contribution in [2.24, 2.45) is 0 Å². The first-order valence-corrected chi connectivity index (χ1v) is 4.90. The molecule has 0 fully saturated rings. The van der Waals surface area contributed by atoms with E-state index < -0.39 is 17.7 Å². The average Bonchev–Trinajstić information content (AvgIpc) is 2.21. The van der Waals surface area contributed by atoms with E-state index >= 15 is 0 Å². The second-order valence-corrected chi connectivity index (χ2v) is 3.17. The molecule has 0 unspecified atom stereocenters. The Balaban J connectivity index is 2.93. The number of benzene rings is 1. The lowest BCUT2D eigenvalue weighted by Gasteiger charge is -2.17. The Kier molecular flexibility index (Phi) is 4.65. The van der Waals surface area contributed by atoms with E-state index in [0.29, 0.717) is 13.2 Å². The Morgan fingerprint density at radius 2 is 2.13 bits per heavy atom. The molecule has 1 atom stereocenters. The predicted octanol–water partition coefficient (Wildman–Crippen LogP) is 2.26. The number of nitrogens with one attached hydrogen (secondary N) is 1. The molecule has 1 aromatic rings. The van der Waals surface area contributed by atoms with Gasteiger partial charge in [0, 0.05) is 18.7 Å². The first-order valence-electron chi connectivity index (χ1n) is 4.90. The van der Waals surface area contributed by atoms with E-state index in [-0.39, 0.29) is 5.56 Å². The number of likely N-dealkylation sites (N-methyl/N-ethyl adjacent to an activating group) is 1. The van der Waals surface area contributed by atoms with E-state index in [9.17, 15) is 8.78 Å². The van der Waals surface area contributed by atoms with Crippen LogP contribution in [0.3, 0.4) is 0 Å². The maximum atomic E-state index is 13.4. The molecule has 2 nitrogen and oxygen atoms in total. The molecule has 0 aliphatic heterocycles. The number of rotatable bonds is 5. The van der Waals surface area contributed by atoms with Gasteiger partial charge in [-0.25, -0.2) is 8.78 Å². The van der Waals surface area contributed by atoms with Crippen LogP contribution in [0.25, 0.3) is 0 Å². The first-order chi connectivity index (χ1) is 7.19. The van der Waals surface area contributed by atoms with Crippen LogP contribution in [-0.2, 0) is 4.74 Å². The van der Waals surface area contributed by atoms with Gasteiger partial charge in [-0.3, -0.25) is 0 Å². The molecule has 0 saturated carbocycles. The van der Waals surface area contributed by atoms with Crippen LogP contribution in [0.2, 0.25) is 0 Å². The molecular weight excluding hydrogens is 200 g/mol. The average molecular weight is 215 g/mol. The standard InChI is InChI=1S/C11H15F2NO/c1-3-15-11(7-14-2)9-6-8(12)4-5-10(9)13/h4-6,11,14H,3,7H2,1-2H3/t11-/m1/s1. The van der Waals surface area contributed by atoms with E-state index in [1.165, 1.54) is 6.07 Å². The van der Waals surface area contributed by atoms with Crippen molar-refractivity contribution in [1.82, 2.24) is 5.32 Å². The third-order valence-corrected chi connectivity index (χ3v) is 2.06. The molecule has 0 spiro atoms. The normalized spacial score (nSPS) is 12.8. The quantitative estimate of drug-likeness (QED) is 0.813. The molecule has 1 aromatic carbocycles. The van der Waals surface area contributed by atoms with E-state index in [4.69, 9.17) is 4.74 Å². The van der Waals surface area contributed by atoms with Crippen LogP contribution in [0, 0.1) is 11.6 Å². The summed E-state index contributed by atoms with van der Waals surface area (Å²) in [5.74, 6) is -0.891. The highest BCUT2D eigenvalue weighted by atomic mass is 19.1. The molecule has 0 aliphatic rings. The van der Waals surface area contributed by atoms with Gasteiger partial charge in [0.25, 0.3) is 0 Å². The highest BCUT2D eigenvalue weighted by Crippen LogP contribution is 2.21. The van der Waals surface area contributed by atoms with Crippen molar-refractivity contribution < 1.29 is 13.5 Å². The molecule has 0 aromatic heterocycles. The monoisotopic (exact) mass is 215 g/mol. The summed E-state index contributed by atoms with van der Waals surface area (Å²) in [7, 11) is 1.74. The Morgan fingerprint density at radius 1 is 1.40 bits per heavy atom. The van der Waals surface area contributed by atoms with Gasteiger partial charge in [-0.1, -0.05) is 0 Å². The summed E-state index contributed by atoms with van der Waals surface area (Å²) in [5, 5.41) is 2.88. The van der Waals surface area contributed by atoms with Gasteiger partial charge in [0.2, 0.25) is 0 Å². The molecule has 0 radical (unpaired) electrons. The van der Waals surface area contributed by atoms with Crippen LogP contribution in [0.5, 0.6) is 0 Å². The van der Waals surface area contributed by atoms with Crippen LogP contribution < -0.4 is 5.32 Å². The minimum atomic E-state index is -0.452. The summed E-state index contributed by atoms with van der Waals surface area (Å²) in [4.78, 5) is 0. The van der Waals surface area contributed by atoms with Crippen LogP contribution in [0.1, 0.15) is 18.6 Å².